The van der Waals surface area contributed by atoms with E-state index >= 15 is 0 Å². The van der Waals surface area contributed by atoms with E-state index in [-0.39, 0.29) is 0 Å². The molecule has 0 radical (unpaired) electrons. The van der Waals surface area contributed by atoms with Crippen LogP contribution < -0.4 is 5.32 Å². The lowest BCUT2D eigenvalue weighted by Crippen LogP contribution is -2.40. The maximum absolute atomic E-state index is 5.46. The number of ether oxygens (including phenoxy) is 2. The van der Waals surface area contributed by atoms with Gasteiger partial charge in [0.05, 0.1) is 12.7 Å². The second kappa shape index (κ2) is 6.38. The number of nitrogens with one attached hydrogen (secondary N) is 1. The summed E-state index contributed by atoms with van der Waals surface area (Å²) in [6.07, 6.45) is 2.58. The van der Waals surface area contributed by atoms with Gasteiger partial charge in [0.2, 0.25) is 0 Å². The maximum Gasteiger partial charge on any atom is 0.147 e. The fourth-order valence-electron chi connectivity index (χ4n) is 1.53. The summed E-state index contributed by atoms with van der Waals surface area (Å²) < 4.78 is 10.6. The SMILES string of the molecule is CCC(C)C(C)NCC1CCOCO1. The zero-order valence-electron chi connectivity index (χ0n) is 9.58. The van der Waals surface area contributed by atoms with Gasteiger partial charge in [0, 0.05) is 12.6 Å². The number of hydrogen-bond acceptors (Lipinski definition) is 3. The van der Waals surface area contributed by atoms with Crippen molar-refractivity contribution in [3.8, 4) is 0 Å². The summed E-state index contributed by atoms with van der Waals surface area (Å²) >= 11 is 0. The molecule has 1 aliphatic rings. The van der Waals surface area contributed by atoms with E-state index in [0.29, 0.717) is 18.9 Å². The van der Waals surface area contributed by atoms with Gasteiger partial charge in [0.15, 0.2) is 0 Å². The van der Waals surface area contributed by atoms with Crippen LogP contribution in [0.5, 0.6) is 0 Å². The largest absolute Gasteiger partial charge is 0.355 e. The maximum atomic E-state index is 5.46. The molecule has 0 aromatic heterocycles. The molecule has 0 amide bonds. The van der Waals surface area contributed by atoms with Crippen molar-refractivity contribution in [3.63, 3.8) is 0 Å². The average Bonchev–Trinajstić information content (AvgIpc) is 2.26. The predicted molar refractivity (Wildman–Crippen MR) is 57.2 cm³/mol. The van der Waals surface area contributed by atoms with Gasteiger partial charge in [-0.15, -0.1) is 0 Å². The van der Waals surface area contributed by atoms with Gasteiger partial charge in [-0.1, -0.05) is 20.3 Å². The third-order valence-electron chi connectivity index (χ3n) is 3.14. The highest BCUT2D eigenvalue weighted by Gasteiger charge is 2.16. The van der Waals surface area contributed by atoms with Gasteiger partial charge in [-0.3, -0.25) is 0 Å². The highest BCUT2D eigenvalue weighted by atomic mass is 16.7. The molecule has 3 atom stereocenters. The van der Waals surface area contributed by atoms with Crippen molar-refractivity contribution < 1.29 is 9.47 Å². The number of hydrogen-bond donors (Lipinski definition) is 1. The van der Waals surface area contributed by atoms with Crippen molar-refractivity contribution in [2.75, 3.05) is 19.9 Å². The van der Waals surface area contributed by atoms with Crippen LogP contribution in [0, 0.1) is 5.92 Å². The van der Waals surface area contributed by atoms with Crippen LogP contribution in [-0.4, -0.2) is 32.1 Å². The van der Waals surface area contributed by atoms with Crippen molar-refractivity contribution in [3.05, 3.63) is 0 Å². The zero-order chi connectivity index (χ0) is 10.4. The van der Waals surface area contributed by atoms with Crippen molar-refractivity contribution >= 4 is 0 Å². The van der Waals surface area contributed by atoms with Crippen LogP contribution in [0.2, 0.25) is 0 Å². The molecule has 1 aliphatic heterocycles. The molecule has 3 heteroatoms. The summed E-state index contributed by atoms with van der Waals surface area (Å²) in [5.41, 5.74) is 0. The van der Waals surface area contributed by atoms with Crippen molar-refractivity contribution in [1.29, 1.82) is 0 Å². The van der Waals surface area contributed by atoms with E-state index in [1.54, 1.807) is 0 Å². The van der Waals surface area contributed by atoms with E-state index in [2.05, 4.69) is 26.1 Å². The van der Waals surface area contributed by atoms with E-state index in [4.69, 9.17) is 9.47 Å². The van der Waals surface area contributed by atoms with E-state index < -0.39 is 0 Å². The van der Waals surface area contributed by atoms with Crippen LogP contribution in [-0.2, 0) is 9.47 Å². The average molecular weight is 201 g/mol. The quantitative estimate of drug-likeness (QED) is 0.735. The van der Waals surface area contributed by atoms with Crippen LogP contribution in [0.25, 0.3) is 0 Å². The lowest BCUT2D eigenvalue weighted by atomic mass is 10.0. The van der Waals surface area contributed by atoms with Gasteiger partial charge < -0.3 is 14.8 Å². The van der Waals surface area contributed by atoms with Crippen molar-refractivity contribution in [2.24, 2.45) is 5.92 Å². The monoisotopic (exact) mass is 201 g/mol. The van der Waals surface area contributed by atoms with Crippen molar-refractivity contribution in [1.82, 2.24) is 5.32 Å². The van der Waals surface area contributed by atoms with Crippen LogP contribution in [0.4, 0.5) is 0 Å². The van der Waals surface area contributed by atoms with Gasteiger partial charge in [-0.05, 0) is 19.3 Å². The molecule has 1 rings (SSSR count). The third-order valence-corrected chi connectivity index (χ3v) is 3.14. The molecule has 1 saturated heterocycles. The molecule has 0 aliphatic carbocycles. The highest BCUT2D eigenvalue weighted by molar-refractivity contribution is 4.71. The molecule has 0 aromatic rings. The van der Waals surface area contributed by atoms with Gasteiger partial charge in [-0.2, -0.15) is 0 Å². The summed E-state index contributed by atoms with van der Waals surface area (Å²) in [5, 5.41) is 3.52. The van der Waals surface area contributed by atoms with E-state index in [9.17, 15) is 0 Å². The molecule has 14 heavy (non-hydrogen) atoms. The molecule has 0 bridgehead atoms. The Kier molecular flexibility index (Phi) is 5.45. The van der Waals surface area contributed by atoms with Gasteiger partial charge >= 0.3 is 0 Å². The smallest absolute Gasteiger partial charge is 0.147 e. The summed E-state index contributed by atoms with van der Waals surface area (Å²) in [6, 6.07) is 0.575. The first kappa shape index (κ1) is 12.0. The first-order chi connectivity index (χ1) is 6.74. The molecule has 1 heterocycles. The Bertz CT molecular complexity index is 144. The summed E-state index contributed by atoms with van der Waals surface area (Å²) in [7, 11) is 0. The molecule has 0 aromatic carbocycles. The second-order valence-electron chi connectivity index (χ2n) is 4.19. The Hall–Kier alpha value is -0.120. The molecule has 3 nitrogen and oxygen atoms in total. The first-order valence-electron chi connectivity index (χ1n) is 5.66. The minimum Gasteiger partial charge on any atom is -0.355 e. The lowest BCUT2D eigenvalue weighted by Gasteiger charge is -2.26. The van der Waals surface area contributed by atoms with Gasteiger partial charge in [0.25, 0.3) is 0 Å². The molecule has 1 fully saturated rings. The molecule has 0 saturated carbocycles. The molecule has 0 spiro atoms. The standard InChI is InChI=1S/C11H23NO2/c1-4-9(2)10(3)12-7-11-5-6-13-8-14-11/h9-12H,4-8H2,1-3H3. The Morgan fingerprint density at radius 3 is 2.79 bits per heavy atom. The molecular formula is C11H23NO2. The minimum atomic E-state index is 0.343. The first-order valence-corrected chi connectivity index (χ1v) is 5.66. The Morgan fingerprint density at radius 2 is 2.21 bits per heavy atom. The molecular weight excluding hydrogens is 178 g/mol. The van der Waals surface area contributed by atoms with E-state index in [0.717, 1.165) is 25.5 Å². The Morgan fingerprint density at radius 1 is 1.43 bits per heavy atom. The number of rotatable bonds is 5. The van der Waals surface area contributed by atoms with Crippen LogP contribution in [0.15, 0.2) is 0 Å². The van der Waals surface area contributed by atoms with Gasteiger partial charge in [0.1, 0.15) is 6.79 Å². The van der Waals surface area contributed by atoms with Crippen molar-refractivity contribution in [2.45, 2.75) is 45.8 Å². The van der Waals surface area contributed by atoms with Crippen LogP contribution in [0.1, 0.15) is 33.6 Å². The fraction of sp³-hybridized carbons (Fsp3) is 1.00. The van der Waals surface area contributed by atoms with E-state index in [1.165, 1.54) is 6.42 Å². The van der Waals surface area contributed by atoms with Crippen LogP contribution in [0.3, 0.4) is 0 Å². The molecule has 1 N–H and O–H groups in total. The van der Waals surface area contributed by atoms with Crippen LogP contribution >= 0.6 is 0 Å². The molecule has 84 valence electrons. The minimum absolute atomic E-state index is 0.343. The zero-order valence-corrected chi connectivity index (χ0v) is 9.58. The van der Waals surface area contributed by atoms with Gasteiger partial charge in [-0.25, -0.2) is 0 Å². The summed E-state index contributed by atoms with van der Waals surface area (Å²) in [5.74, 6) is 0.731. The summed E-state index contributed by atoms with van der Waals surface area (Å²) in [4.78, 5) is 0. The normalized spacial score (nSPS) is 27.2. The Labute approximate surface area is 87.2 Å². The predicted octanol–water partition coefficient (Wildman–Crippen LogP) is 1.77. The summed E-state index contributed by atoms with van der Waals surface area (Å²) in [6.45, 7) is 9.01. The Balaban J connectivity index is 2.12. The van der Waals surface area contributed by atoms with E-state index in [1.807, 2.05) is 0 Å². The lowest BCUT2D eigenvalue weighted by molar-refractivity contribution is -0.137. The third kappa shape index (κ3) is 3.95. The fourth-order valence-corrected chi connectivity index (χ4v) is 1.53. The molecule has 3 unspecified atom stereocenters. The highest BCUT2D eigenvalue weighted by Crippen LogP contribution is 2.09. The topological polar surface area (TPSA) is 30.5 Å². The second-order valence-corrected chi connectivity index (χ2v) is 4.19.